The predicted molar refractivity (Wildman–Crippen MR) is 111 cm³/mol. The van der Waals surface area contributed by atoms with E-state index < -0.39 is 0 Å². The molecule has 2 N–H and O–H groups in total. The number of hydrogen-bond donors (Lipinski definition) is 2. The average molecular weight is 383 g/mol. The maximum atomic E-state index is 4.48. The van der Waals surface area contributed by atoms with Crippen molar-refractivity contribution in [3.63, 3.8) is 0 Å². The molecule has 27 heavy (non-hydrogen) atoms. The zero-order valence-electron chi connectivity index (χ0n) is 16.1. The fourth-order valence-electron chi connectivity index (χ4n) is 2.95. The lowest BCUT2D eigenvalue weighted by Crippen LogP contribution is -2.38. The summed E-state index contributed by atoms with van der Waals surface area (Å²) in [6.07, 6.45) is 4.74. The lowest BCUT2D eigenvalue weighted by atomic mass is 10.1. The molecule has 3 rings (SSSR count). The second-order valence-electron chi connectivity index (χ2n) is 6.32. The molecule has 142 valence electrons. The Kier molecular flexibility index (Phi) is 6.59. The van der Waals surface area contributed by atoms with Gasteiger partial charge >= 0.3 is 0 Å². The molecule has 0 atom stereocenters. The molecule has 0 fully saturated rings. The van der Waals surface area contributed by atoms with Crippen molar-refractivity contribution in [1.29, 1.82) is 0 Å². The summed E-state index contributed by atoms with van der Waals surface area (Å²) in [4.78, 5) is 10.1. The molecule has 0 bridgehead atoms. The molecule has 0 saturated carbocycles. The minimum Gasteiger partial charge on any atom is -0.356 e. The van der Waals surface area contributed by atoms with Crippen LogP contribution in [0.4, 0.5) is 0 Å². The van der Waals surface area contributed by atoms with E-state index in [0.29, 0.717) is 0 Å². The van der Waals surface area contributed by atoms with Crippen LogP contribution < -0.4 is 10.6 Å². The molecule has 0 saturated heterocycles. The molecule has 0 amide bonds. The highest BCUT2D eigenvalue weighted by Crippen LogP contribution is 2.17. The van der Waals surface area contributed by atoms with E-state index in [4.69, 9.17) is 0 Å². The predicted octanol–water partition coefficient (Wildman–Crippen LogP) is 2.91. The Hall–Kier alpha value is -2.67. The maximum Gasteiger partial charge on any atom is 0.191 e. The number of benzene rings is 1. The second kappa shape index (κ2) is 9.32. The lowest BCUT2D eigenvalue weighted by Gasteiger charge is -2.14. The largest absolute Gasteiger partial charge is 0.356 e. The summed E-state index contributed by atoms with van der Waals surface area (Å²) >= 11 is 1.77. The highest BCUT2D eigenvalue weighted by atomic mass is 32.1. The highest BCUT2D eigenvalue weighted by molar-refractivity contribution is 7.11. The summed E-state index contributed by atoms with van der Waals surface area (Å²) in [6.45, 7) is 6.44. The molecule has 0 aliphatic rings. The van der Waals surface area contributed by atoms with Crippen molar-refractivity contribution >= 4 is 17.3 Å². The first kappa shape index (κ1) is 19.1. The monoisotopic (exact) mass is 382 g/mol. The van der Waals surface area contributed by atoms with E-state index in [1.165, 1.54) is 16.0 Å². The highest BCUT2D eigenvalue weighted by Gasteiger charge is 2.07. The van der Waals surface area contributed by atoms with Crippen LogP contribution in [-0.2, 0) is 19.5 Å². The lowest BCUT2D eigenvalue weighted by molar-refractivity contribution is 0.677. The average Bonchev–Trinajstić information content (AvgIpc) is 3.28. The van der Waals surface area contributed by atoms with E-state index in [1.807, 2.05) is 16.9 Å². The first-order valence-electron chi connectivity index (χ1n) is 9.07. The second-order valence-corrected chi connectivity index (χ2v) is 7.60. The van der Waals surface area contributed by atoms with Crippen molar-refractivity contribution in [2.24, 2.45) is 4.99 Å². The number of thiazole rings is 1. The minimum atomic E-state index is 0.718. The van der Waals surface area contributed by atoms with Gasteiger partial charge in [-0.1, -0.05) is 24.3 Å². The van der Waals surface area contributed by atoms with Crippen molar-refractivity contribution in [3.8, 4) is 0 Å². The Balaban J connectivity index is 1.53. The summed E-state index contributed by atoms with van der Waals surface area (Å²) in [5, 5.41) is 12.2. The number of nitrogens with one attached hydrogen (secondary N) is 2. The van der Waals surface area contributed by atoms with Gasteiger partial charge in [-0.15, -0.1) is 11.3 Å². The Morgan fingerprint density at radius 3 is 2.63 bits per heavy atom. The van der Waals surface area contributed by atoms with E-state index in [-0.39, 0.29) is 0 Å². The molecule has 6 nitrogen and oxygen atoms in total. The van der Waals surface area contributed by atoms with E-state index >= 15 is 0 Å². The van der Waals surface area contributed by atoms with Crippen molar-refractivity contribution in [3.05, 3.63) is 69.4 Å². The van der Waals surface area contributed by atoms with E-state index in [2.05, 4.69) is 63.8 Å². The van der Waals surface area contributed by atoms with Gasteiger partial charge in [0.2, 0.25) is 0 Å². The maximum absolute atomic E-state index is 4.48. The topological polar surface area (TPSA) is 67.1 Å². The summed E-state index contributed by atoms with van der Waals surface area (Å²) < 4.78 is 1.94. The van der Waals surface area contributed by atoms with E-state index in [9.17, 15) is 0 Å². The molecule has 7 heteroatoms. The number of nitrogens with zero attached hydrogens (tertiary/aromatic N) is 4. The van der Waals surface area contributed by atoms with Gasteiger partial charge in [0, 0.05) is 43.8 Å². The summed E-state index contributed by atoms with van der Waals surface area (Å²) in [7, 11) is 1.80. The van der Waals surface area contributed by atoms with Gasteiger partial charge in [0.1, 0.15) is 0 Å². The quantitative estimate of drug-likeness (QED) is 0.487. The summed E-state index contributed by atoms with van der Waals surface area (Å²) in [5.74, 6) is 0.808. The van der Waals surface area contributed by atoms with Gasteiger partial charge in [-0.05, 0) is 31.0 Å². The smallest absolute Gasteiger partial charge is 0.191 e. The Morgan fingerprint density at radius 1 is 1.15 bits per heavy atom. The van der Waals surface area contributed by atoms with Crippen LogP contribution in [0, 0.1) is 13.8 Å². The van der Waals surface area contributed by atoms with Crippen molar-refractivity contribution in [2.75, 3.05) is 13.6 Å². The number of hydrogen-bond acceptors (Lipinski definition) is 4. The van der Waals surface area contributed by atoms with Crippen LogP contribution >= 0.6 is 11.3 Å². The number of aromatic nitrogens is 3. The fourth-order valence-corrected chi connectivity index (χ4v) is 3.89. The number of aryl methyl sites for hydroxylation is 2. The normalized spacial score (nSPS) is 11.6. The van der Waals surface area contributed by atoms with Crippen LogP contribution in [0.2, 0.25) is 0 Å². The van der Waals surface area contributed by atoms with Gasteiger partial charge in [0.05, 0.1) is 17.2 Å². The van der Waals surface area contributed by atoms with Gasteiger partial charge in [0.25, 0.3) is 0 Å². The molecular weight excluding hydrogens is 356 g/mol. The van der Waals surface area contributed by atoms with Crippen LogP contribution in [0.5, 0.6) is 0 Å². The number of rotatable bonds is 7. The van der Waals surface area contributed by atoms with Crippen LogP contribution in [0.3, 0.4) is 0 Å². The number of guanidine groups is 1. The summed E-state index contributed by atoms with van der Waals surface area (Å²) in [6, 6.07) is 10.4. The first-order valence-corrected chi connectivity index (χ1v) is 9.89. The number of aliphatic imine (C=N–C) groups is 1. The standard InChI is InChI=1S/C20H26N6S/c1-15-19(27-16(2)25-15)9-11-22-20(21-3)23-13-17-7-4-5-8-18(17)14-26-12-6-10-24-26/h4-8,10,12H,9,11,13-14H2,1-3H3,(H2,21,22,23). The van der Waals surface area contributed by atoms with E-state index in [0.717, 1.165) is 42.7 Å². The molecule has 0 aliphatic heterocycles. The van der Waals surface area contributed by atoms with E-state index in [1.54, 1.807) is 24.6 Å². The van der Waals surface area contributed by atoms with Gasteiger partial charge < -0.3 is 10.6 Å². The minimum absolute atomic E-state index is 0.718. The molecule has 1 aromatic carbocycles. The first-order chi connectivity index (χ1) is 13.2. The SMILES string of the molecule is CN=C(NCCc1sc(C)nc1C)NCc1ccccc1Cn1cccn1. The summed E-state index contributed by atoms with van der Waals surface area (Å²) in [5.41, 5.74) is 3.62. The van der Waals surface area contributed by atoms with Crippen molar-refractivity contribution in [2.45, 2.75) is 33.4 Å². The molecule has 0 unspecified atom stereocenters. The van der Waals surface area contributed by atoms with Crippen LogP contribution in [0.1, 0.15) is 26.7 Å². The van der Waals surface area contributed by atoms with Crippen molar-refractivity contribution < 1.29 is 0 Å². The molecular formula is C20H26N6S. The van der Waals surface area contributed by atoms with Crippen LogP contribution in [0.25, 0.3) is 0 Å². The van der Waals surface area contributed by atoms with Gasteiger partial charge in [-0.25, -0.2) is 4.98 Å². The van der Waals surface area contributed by atoms with Gasteiger partial charge in [-0.2, -0.15) is 5.10 Å². The van der Waals surface area contributed by atoms with Crippen LogP contribution in [-0.4, -0.2) is 34.3 Å². The third kappa shape index (κ3) is 5.40. The Labute approximate surface area is 164 Å². The van der Waals surface area contributed by atoms with Crippen LogP contribution in [0.15, 0.2) is 47.7 Å². The zero-order chi connectivity index (χ0) is 19.1. The molecule has 2 heterocycles. The van der Waals surface area contributed by atoms with Gasteiger partial charge in [0.15, 0.2) is 5.96 Å². The third-order valence-electron chi connectivity index (χ3n) is 4.32. The van der Waals surface area contributed by atoms with Gasteiger partial charge in [-0.3, -0.25) is 9.67 Å². The Bertz CT molecular complexity index is 882. The molecule has 0 spiro atoms. The fraction of sp³-hybridized carbons (Fsp3) is 0.350. The molecule has 0 radical (unpaired) electrons. The molecule has 0 aliphatic carbocycles. The zero-order valence-corrected chi connectivity index (χ0v) is 16.9. The molecule has 2 aromatic heterocycles. The third-order valence-corrected chi connectivity index (χ3v) is 5.46. The molecule has 3 aromatic rings. The van der Waals surface area contributed by atoms with Crippen molar-refractivity contribution in [1.82, 2.24) is 25.4 Å². The Morgan fingerprint density at radius 2 is 1.96 bits per heavy atom.